The van der Waals surface area contributed by atoms with Crippen molar-refractivity contribution in [2.24, 2.45) is 5.41 Å². The Balaban J connectivity index is 1.58. The highest BCUT2D eigenvalue weighted by atomic mass is 19.1. The van der Waals surface area contributed by atoms with E-state index < -0.39 is 17.2 Å². The largest absolute Gasteiger partial charge is 0.372 e. The zero-order valence-corrected chi connectivity index (χ0v) is 17.0. The van der Waals surface area contributed by atoms with Crippen LogP contribution in [0.15, 0.2) is 48.5 Å². The quantitative estimate of drug-likeness (QED) is 0.722. The van der Waals surface area contributed by atoms with Crippen LogP contribution < -0.4 is 15.5 Å². The molecule has 0 aromatic heterocycles. The molecule has 1 aliphatic rings. The number of carbonyl (C=O) groups is 2. The van der Waals surface area contributed by atoms with Crippen LogP contribution in [0.5, 0.6) is 0 Å². The molecular formula is C23H28FN3O2. The number of nitrogens with zero attached hydrogens (tertiary/aromatic N) is 1. The zero-order chi connectivity index (χ0) is 20.9. The molecule has 154 valence electrons. The third-order valence-corrected chi connectivity index (χ3v) is 5.38. The van der Waals surface area contributed by atoms with Crippen molar-refractivity contribution in [3.05, 3.63) is 59.9 Å². The minimum absolute atomic E-state index is 0.0345. The van der Waals surface area contributed by atoms with Gasteiger partial charge in [0.25, 0.3) is 0 Å². The molecular weight excluding hydrogens is 369 g/mol. The fourth-order valence-electron chi connectivity index (χ4n) is 3.34. The summed E-state index contributed by atoms with van der Waals surface area (Å²) in [4.78, 5) is 27.6. The third kappa shape index (κ3) is 5.13. The molecule has 6 heteroatoms. The van der Waals surface area contributed by atoms with Crippen LogP contribution in [0.25, 0.3) is 0 Å². The van der Waals surface area contributed by atoms with Crippen molar-refractivity contribution in [2.75, 3.05) is 23.3 Å². The third-order valence-electron chi connectivity index (χ3n) is 5.38. The Kier molecular flexibility index (Phi) is 6.52. The maximum atomic E-state index is 13.7. The first kappa shape index (κ1) is 20.8. The lowest BCUT2D eigenvalue weighted by Gasteiger charge is -2.29. The molecule has 1 fully saturated rings. The van der Waals surface area contributed by atoms with Crippen molar-refractivity contribution in [3.63, 3.8) is 0 Å². The molecule has 0 atom stereocenters. The molecule has 0 saturated carbocycles. The summed E-state index contributed by atoms with van der Waals surface area (Å²) in [7, 11) is 0. The van der Waals surface area contributed by atoms with Crippen molar-refractivity contribution in [2.45, 2.75) is 39.7 Å². The minimum atomic E-state index is -1.29. The number of rotatable bonds is 6. The number of amides is 2. The number of hydrogen-bond acceptors (Lipinski definition) is 3. The van der Waals surface area contributed by atoms with E-state index in [4.69, 9.17) is 0 Å². The van der Waals surface area contributed by atoms with Crippen molar-refractivity contribution in [1.82, 2.24) is 5.32 Å². The zero-order valence-electron chi connectivity index (χ0n) is 17.0. The molecule has 0 radical (unpaired) electrons. The monoisotopic (exact) mass is 397 g/mol. The van der Waals surface area contributed by atoms with Crippen LogP contribution in [0.4, 0.5) is 15.8 Å². The van der Waals surface area contributed by atoms with Gasteiger partial charge in [-0.3, -0.25) is 9.59 Å². The van der Waals surface area contributed by atoms with Gasteiger partial charge in [0, 0.05) is 36.6 Å². The van der Waals surface area contributed by atoms with E-state index in [9.17, 15) is 14.0 Å². The summed E-state index contributed by atoms with van der Waals surface area (Å²) in [5, 5.41) is 5.46. The molecule has 3 rings (SSSR count). The molecule has 0 bridgehead atoms. The standard InChI is InChI=1S/C23H28FN3O2/c1-23(2,21(28)25-16-17-8-4-5-9-20(17)24)22(29)26-18-10-12-19(13-11-18)27-14-6-3-7-15-27/h4-5,8-13H,3,6-7,14-16H2,1-2H3,(H,25,28)(H,26,29). The maximum Gasteiger partial charge on any atom is 0.239 e. The molecule has 2 aromatic rings. The number of nitrogens with one attached hydrogen (secondary N) is 2. The summed E-state index contributed by atoms with van der Waals surface area (Å²) in [5.74, 6) is -1.25. The lowest BCUT2D eigenvalue weighted by atomic mass is 9.90. The van der Waals surface area contributed by atoms with Gasteiger partial charge in [-0.15, -0.1) is 0 Å². The normalized spacial score (nSPS) is 14.4. The van der Waals surface area contributed by atoms with Gasteiger partial charge in [0.05, 0.1) is 0 Å². The van der Waals surface area contributed by atoms with Crippen LogP contribution in [-0.2, 0) is 16.1 Å². The van der Waals surface area contributed by atoms with Gasteiger partial charge in [-0.2, -0.15) is 0 Å². The highest BCUT2D eigenvalue weighted by Crippen LogP contribution is 2.24. The molecule has 2 aromatic carbocycles. The van der Waals surface area contributed by atoms with Crippen molar-refractivity contribution >= 4 is 23.2 Å². The molecule has 0 aliphatic carbocycles. The van der Waals surface area contributed by atoms with E-state index in [2.05, 4.69) is 15.5 Å². The van der Waals surface area contributed by atoms with E-state index in [1.54, 1.807) is 32.0 Å². The molecule has 5 nitrogen and oxygen atoms in total. The topological polar surface area (TPSA) is 61.4 Å². The van der Waals surface area contributed by atoms with E-state index in [0.29, 0.717) is 11.3 Å². The van der Waals surface area contributed by atoms with Gasteiger partial charge in [-0.1, -0.05) is 18.2 Å². The van der Waals surface area contributed by atoms with Crippen LogP contribution in [0, 0.1) is 11.2 Å². The second-order valence-corrected chi connectivity index (χ2v) is 7.95. The fourth-order valence-corrected chi connectivity index (χ4v) is 3.34. The Morgan fingerprint density at radius 1 is 0.966 bits per heavy atom. The molecule has 0 unspecified atom stereocenters. The maximum absolute atomic E-state index is 13.7. The summed E-state index contributed by atoms with van der Waals surface area (Å²) >= 11 is 0. The van der Waals surface area contributed by atoms with Gasteiger partial charge < -0.3 is 15.5 Å². The average Bonchev–Trinajstić information content (AvgIpc) is 2.74. The van der Waals surface area contributed by atoms with Crippen molar-refractivity contribution < 1.29 is 14.0 Å². The number of halogens is 1. The summed E-state index contributed by atoms with van der Waals surface area (Å²) in [6, 6.07) is 13.9. The first-order valence-corrected chi connectivity index (χ1v) is 10.1. The molecule has 2 N–H and O–H groups in total. The molecule has 29 heavy (non-hydrogen) atoms. The van der Waals surface area contributed by atoms with Gasteiger partial charge in [0.1, 0.15) is 11.2 Å². The number of hydrogen-bond donors (Lipinski definition) is 2. The summed E-state index contributed by atoms with van der Waals surface area (Å²) in [6.07, 6.45) is 3.68. The molecule has 1 heterocycles. The molecule has 0 spiro atoms. The minimum Gasteiger partial charge on any atom is -0.372 e. The highest BCUT2D eigenvalue weighted by molar-refractivity contribution is 6.09. The first-order chi connectivity index (χ1) is 13.9. The predicted molar refractivity (Wildman–Crippen MR) is 113 cm³/mol. The number of piperidine rings is 1. The van der Waals surface area contributed by atoms with Crippen LogP contribution >= 0.6 is 0 Å². The van der Waals surface area contributed by atoms with Crippen LogP contribution in [0.3, 0.4) is 0 Å². The fraction of sp³-hybridized carbons (Fsp3) is 0.391. The Hall–Kier alpha value is -2.89. The molecule has 2 amide bonds. The highest BCUT2D eigenvalue weighted by Gasteiger charge is 2.36. The van der Waals surface area contributed by atoms with Crippen molar-refractivity contribution in [1.29, 1.82) is 0 Å². The summed E-state index contributed by atoms with van der Waals surface area (Å²) in [6.45, 7) is 5.26. The van der Waals surface area contributed by atoms with E-state index in [1.165, 1.54) is 25.3 Å². The summed E-state index contributed by atoms with van der Waals surface area (Å²) < 4.78 is 13.7. The number of carbonyl (C=O) groups excluding carboxylic acids is 2. The van der Waals surface area contributed by atoms with E-state index in [-0.39, 0.29) is 12.4 Å². The Morgan fingerprint density at radius 3 is 2.28 bits per heavy atom. The lowest BCUT2D eigenvalue weighted by Crippen LogP contribution is -2.45. The summed E-state index contributed by atoms with van der Waals surface area (Å²) in [5.41, 5.74) is 0.872. The number of anilines is 2. The second-order valence-electron chi connectivity index (χ2n) is 7.95. The Morgan fingerprint density at radius 2 is 1.62 bits per heavy atom. The SMILES string of the molecule is CC(C)(C(=O)NCc1ccccc1F)C(=O)Nc1ccc(N2CCCCC2)cc1. The van der Waals surface area contributed by atoms with Gasteiger partial charge in [-0.25, -0.2) is 4.39 Å². The smallest absolute Gasteiger partial charge is 0.239 e. The average molecular weight is 397 g/mol. The Labute approximate surface area is 171 Å². The predicted octanol–water partition coefficient (Wildman–Crippen LogP) is 4.10. The van der Waals surface area contributed by atoms with E-state index >= 15 is 0 Å². The number of benzene rings is 2. The van der Waals surface area contributed by atoms with E-state index in [1.807, 2.05) is 24.3 Å². The molecule has 1 saturated heterocycles. The van der Waals surface area contributed by atoms with Gasteiger partial charge >= 0.3 is 0 Å². The van der Waals surface area contributed by atoms with E-state index in [0.717, 1.165) is 18.8 Å². The first-order valence-electron chi connectivity index (χ1n) is 10.1. The second kappa shape index (κ2) is 9.07. The van der Waals surface area contributed by atoms with Crippen LogP contribution in [0.2, 0.25) is 0 Å². The van der Waals surface area contributed by atoms with Crippen molar-refractivity contribution in [3.8, 4) is 0 Å². The lowest BCUT2D eigenvalue weighted by molar-refractivity contribution is -0.138. The van der Waals surface area contributed by atoms with Gasteiger partial charge in [0.15, 0.2) is 0 Å². The van der Waals surface area contributed by atoms with Gasteiger partial charge in [-0.05, 0) is 63.4 Å². The van der Waals surface area contributed by atoms with Gasteiger partial charge in [0.2, 0.25) is 11.8 Å². The molecule has 1 aliphatic heterocycles. The van der Waals surface area contributed by atoms with Crippen LogP contribution in [0.1, 0.15) is 38.7 Å². The van der Waals surface area contributed by atoms with Crippen LogP contribution in [-0.4, -0.2) is 24.9 Å². The Bertz CT molecular complexity index is 859.